The Labute approximate surface area is 285 Å². The number of allylic oxidation sites excluding steroid dienone is 1. The molecule has 4 rings (SSSR count). The molecule has 0 aliphatic carbocycles. The molecule has 2 atom stereocenters. The molecule has 0 bridgehead atoms. The Balaban J connectivity index is 1.38. The van der Waals surface area contributed by atoms with Gasteiger partial charge in [-0.05, 0) is 89.5 Å². The van der Waals surface area contributed by atoms with Crippen molar-refractivity contribution in [2.45, 2.75) is 32.7 Å². The first kappa shape index (κ1) is 34.7. The quantitative estimate of drug-likeness (QED) is 0.0582. The number of carbonyl (C=O) groups is 2. The summed E-state index contributed by atoms with van der Waals surface area (Å²) in [4.78, 5) is 24.6. The molecule has 12 nitrogen and oxygen atoms in total. The Hall–Kier alpha value is -4.21. The van der Waals surface area contributed by atoms with E-state index in [0.29, 0.717) is 52.5 Å². The van der Waals surface area contributed by atoms with Gasteiger partial charge in [0.2, 0.25) is 0 Å². The fourth-order valence-electron chi connectivity index (χ4n) is 4.51. The van der Waals surface area contributed by atoms with Gasteiger partial charge in [-0.2, -0.15) is 5.10 Å². The van der Waals surface area contributed by atoms with E-state index in [1.165, 1.54) is 7.11 Å². The molecule has 0 aromatic heterocycles. The van der Waals surface area contributed by atoms with Crippen molar-refractivity contribution >= 4 is 52.4 Å². The molecule has 1 aliphatic heterocycles. The first-order chi connectivity index (χ1) is 22.1. The van der Waals surface area contributed by atoms with Crippen molar-refractivity contribution in [1.82, 2.24) is 16.1 Å². The number of hydrogen-bond acceptors (Lipinski definition) is 10. The standard InChI is InChI=1S/C32H34ClIN4O8/c1-5-44-25-14-21(29-28(31(40)43-4)18(2)36-32(41)37-29)8-11-24(25)45-17-27(39)38-35-15-20-12-23(34)30(26(13-20)42-3)46-16-19-6-9-22(33)10-7-19/h6-15,27,29,38-39H,5,16-17H2,1-4H3,(H2,36,37,41)/b35-15+/t27-,29+/m1/s1. The highest BCUT2D eigenvalue weighted by Gasteiger charge is 2.32. The third kappa shape index (κ3) is 8.95. The summed E-state index contributed by atoms with van der Waals surface area (Å²) in [6.45, 7) is 3.95. The number of carbonyl (C=O) groups excluding carboxylic acids is 2. The van der Waals surface area contributed by atoms with E-state index >= 15 is 0 Å². The van der Waals surface area contributed by atoms with Crippen LogP contribution in [-0.4, -0.2) is 57.0 Å². The zero-order valence-corrected chi connectivity index (χ0v) is 28.5. The molecule has 3 aromatic carbocycles. The second kappa shape index (κ2) is 16.4. The summed E-state index contributed by atoms with van der Waals surface area (Å²) >= 11 is 8.13. The number of esters is 1. The number of urea groups is 1. The van der Waals surface area contributed by atoms with Crippen LogP contribution in [-0.2, 0) is 16.1 Å². The molecule has 0 unspecified atom stereocenters. The highest BCUT2D eigenvalue weighted by Crippen LogP contribution is 2.36. The van der Waals surface area contributed by atoms with Gasteiger partial charge in [0.25, 0.3) is 0 Å². The minimum atomic E-state index is -1.16. The summed E-state index contributed by atoms with van der Waals surface area (Å²) in [6, 6.07) is 14.8. The number of nitrogens with zero attached hydrogens (tertiary/aromatic N) is 1. The van der Waals surface area contributed by atoms with Crippen LogP contribution in [0.25, 0.3) is 0 Å². The van der Waals surface area contributed by atoms with Crippen molar-refractivity contribution in [3.05, 3.63) is 91.2 Å². The van der Waals surface area contributed by atoms with Crippen molar-refractivity contribution in [3.8, 4) is 23.0 Å². The summed E-state index contributed by atoms with van der Waals surface area (Å²) < 4.78 is 28.9. The van der Waals surface area contributed by atoms with Crippen molar-refractivity contribution in [2.75, 3.05) is 27.4 Å². The second-order valence-corrected chi connectivity index (χ2v) is 11.5. The second-order valence-electron chi connectivity index (χ2n) is 9.86. The van der Waals surface area contributed by atoms with Crippen LogP contribution in [0.3, 0.4) is 0 Å². The van der Waals surface area contributed by atoms with Gasteiger partial charge in [0.1, 0.15) is 13.2 Å². The lowest BCUT2D eigenvalue weighted by Crippen LogP contribution is -2.45. The molecule has 14 heteroatoms. The van der Waals surface area contributed by atoms with E-state index in [-0.39, 0.29) is 12.2 Å². The van der Waals surface area contributed by atoms with Crippen LogP contribution < -0.4 is 35.0 Å². The van der Waals surface area contributed by atoms with Crippen LogP contribution in [0.4, 0.5) is 4.79 Å². The van der Waals surface area contributed by atoms with Gasteiger partial charge in [-0.15, -0.1) is 0 Å². The molecular formula is C32H34ClIN4O8. The number of amides is 2. The number of nitrogens with one attached hydrogen (secondary N) is 3. The number of halogens is 2. The Bertz CT molecular complexity index is 1620. The van der Waals surface area contributed by atoms with Crippen molar-refractivity contribution in [2.24, 2.45) is 5.10 Å². The molecule has 0 radical (unpaired) electrons. The molecule has 1 heterocycles. The van der Waals surface area contributed by atoms with Gasteiger partial charge in [-0.25, -0.2) is 9.59 Å². The SMILES string of the molecule is CCOc1cc([C@@H]2NC(=O)NC(C)=C2C(=O)OC)ccc1OC[C@@H](O)N/N=C/c1cc(I)c(OCc2ccc(Cl)cc2)c(OC)c1. The summed E-state index contributed by atoms with van der Waals surface area (Å²) in [5.41, 5.74) is 5.56. The highest BCUT2D eigenvalue weighted by atomic mass is 127. The fraction of sp³-hybridized carbons (Fsp3) is 0.281. The van der Waals surface area contributed by atoms with Crippen LogP contribution in [0.5, 0.6) is 23.0 Å². The third-order valence-electron chi connectivity index (χ3n) is 6.66. The number of benzene rings is 3. The van der Waals surface area contributed by atoms with Gasteiger partial charge in [0, 0.05) is 10.7 Å². The van der Waals surface area contributed by atoms with E-state index in [2.05, 4.69) is 43.8 Å². The molecule has 2 amide bonds. The predicted octanol–water partition coefficient (Wildman–Crippen LogP) is 5.05. The van der Waals surface area contributed by atoms with E-state index in [0.717, 1.165) is 14.7 Å². The molecular weight excluding hydrogens is 731 g/mol. The predicted molar refractivity (Wildman–Crippen MR) is 180 cm³/mol. The minimum Gasteiger partial charge on any atom is -0.493 e. The maximum Gasteiger partial charge on any atom is 0.337 e. The lowest BCUT2D eigenvalue weighted by atomic mass is 9.95. The van der Waals surface area contributed by atoms with Gasteiger partial charge in [0.05, 0.1) is 42.2 Å². The maximum absolute atomic E-state index is 12.5. The molecule has 46 heavy (non-hydrogen) atoms. The first-order valence-electron chi connectivity index (χ1n) is 14.1. The average molecular weight is 765 g/mol. The molecule has 0 saturated heterocycles. The largest absolute Gasteiger partial charge is 0.493 e. The summed E-state index contributed by atoms with van der Waals surface area (Å²) in [7, 11) is 2.83. The highest BCUT2D eigenvalue weighted by molar-refractivity contribution is 14.1. The first-order valence-corrected chi connectivity index (χ1v) is 15.6. The van der Waals surface area contributed by atoms with Crippen LogP contribution in [0.15, 0.2) is 71.0 Å². The number of hydrogen-bond donors (Lipinski definition) is 4. The number of rotatable bonds is 14. The lowest BCUT2D eigenvalue weighted by molar-refractivity contribution is -0.136. The van der Waals surface area contributed by atoms with E-state index in [9.17, 15) is 14.7 Å². The third-order valence-corrected chi connectivity index (χ3v) is 7.71. The van der Waals surface area contributed by atoms with Gasteiger partial charge in [-0.1, -0.05) is 29.8 Å². The average Bonchev–Trinajstić information content (AvgIpc) is 3.03. The zero-order valence-electron chi connectivity index (χ0n) is 25.6. The van der Waals surface area contributed by atoms with Gasteiger partial charge in [-0.3, -0.25) is 5.43 Å². The Morgan fingerprint density at radius 2 is 1.85 bits per heavy atom. The molecule has 4 N–H and O–H groups in total. The summed E-state index contributed by atoms with van der Waals surface area (Å²) in [5, 5.41) is 20.6. The number of hydrazone groups is 1. The van der Waals surface area contributed by atoms with Crippen LogP contribution in [0.2, 0.25) is 5.02 Å². The van der Waals surface area contributed by atoms with Crippen LogP contribution in [0, 0.1) is 3.57 Å². The number of aliphatic hydroxyl groups is 1. The van der Waals surface area contributed by atoms with Crippen molar-refractivity contribution < 1.29 is 38.4 Å². The Morgan fingerprint density at radius 3 is 2.54 bits per heavy atom. The monoisotopic (exact) mass is 764 g/mol. The summed E-state index contributed by atoms with van der Waals surface area (Å²) in [5.74, 6) is 1.28. The zero-order chi connectivity index (χ0) is 33.2. The maximum atomic E-state index is 12.5. The number of methoxy groups -OCH3 is 2. The molecule has 0 spiro atoms. The minimum absolute atomic E-state index is 0.161. The molecule has 1 aliphatic rings. The fourth-order valence-corrected chi connectivity index (χ4v) is 5.42. The number of aliphatic hydroxyl groups excluding tert-OH is 1. The Morgan fingerprint density at radius 1 is 1.09 bits per heavy atom. The van der Waals surface area contributed by atoms with Crippen LogP contribution >= 0.6 is 34.2 Å². The normalized spacial score (nSPS) is 15.1. The van der Waals surface area contributed by atoms with Gasteiger partial charge < -0.3 is 39.4 Å². The van der Waals surface area contributed by atoms with Crippen LogP contribution in [0.1, 0.15) is 36.6 Å². The van der Waals surface area contributed by atoms with Crippen molar-refractivity contribution in [1.29, 1.82) is 0 Å². The lowest BCUT2D eigenvalue weighted by Gasteiger charge is -2.28. The topological polar surface area (TPSA) is 149 Å². The van der Waals surface area contributed by atoms with E-state index in [1.807, 2.05) is 37.3 Å². The molecule has 244 valence electrons. The molecule has 0 saturated carbocycles. The van der Waals surface area contributed by atoms with Gasteiger partial charge >= 0.3 is 12.0 Å². The molecule has 0 fully saturated rings. The summed E-state index contributed by atoms with van der Waals surface area (Å²) in [6.07, 6.45) is 0.382. The van der Waals surface area contributed by atoms with E-state index in [1.54, 1.807) is 44.5 Å². The smallest absolute Gasteiger partial charge is 0.337 e. The molecule has 3 aromatic rings. The van der Waals surface area contributed by atoms with E-state index in [4.69, 9.17) is 35.3 Å². The number of ether oxygens (including phenoxy) is 5. The Kier molecular flexibility index (Phi) is 12.3. The van der Waals surface area contributed by atoms with Gasteiger partial charge in [0.15, 0.2) is 29.2 Å². The van der Waals surface area contributed by atoms with E-state index < -0.39 is 24.3 Å². The van der Waals surface area contributed by atoms with Crippen molar-refractivity contribution in [3.63, 3.8) is 0 Å².